The number of esters is 1. The number of carbonyl (C=O) groups excluding carboxylic acids is 1. The third-order valence-electron chi connectivity index (χ3n) is 7.83. The lowest BCUT2D eigenvalue weighted by atomic mass is 9.79. The summed E-state index contributed by atoms with van der Waals surface area (Å²) in [6.07, 6.45) is 3.07. The van der Waals surface area contributed by atoms with Crippen molar-refractivity contribution in [2.24, 2.45) is 0 Å². The molecule has 0 amide bonds. The highest BCUT2D eigenvalue weighted by Crippen LogP contribution is 2.45. The lowest BCUT2D eigenvalue weighted by Crippen LogP contribution is -2.63. The fraction of sp³-hybridized carbons (Fsp3) is 0.792. The van der Waals surface area contributed by atoms with E-state index in [0.717, 1.165) is 0 Å². The molecule has 1 fully saturated rings. The molecule has 1 N–H and O–H groups in total. The van der Waals surface area contributed by atoms with Crippen LogP contribution in [0.25, 0.3) is 0 Å². The molecule has 1 saturated carbocycles. The number of rotatable bonds is 6. The summed E-state index contributed by atoms with van der Waals surface area (Å²) in [4.78, 5) is 16.8. The second-order valence-electron chi connectivity index (χ2n) is 12.6. The minimum Gasteiger partial charge on any atom is -0.467 e. The van der Waals surface area contributed by atoms with Crippen LogP contribution in [0.2, 0.25) is 36.3 Å². The summed E-state index contributed by atoms with van der Waals surface area (Å²) in [6, 6.07) is 0. The van der Waals surface area contributed by atoms with Crippen molar-refractivity contribution in [3.05, 3.63) is 18.7 Å². The highest BCUT2D eigenvalue weighted by Gasteiger charge is 2.56. The van der Waals surface area contributed by atoms with Crippen LogP contribution in [0.15, 0.2) is 18.7 Å². The lowest BCUT2D eigenvalue weighted by Gasteiger charge is -2.50. The van der Waals surface area contributed by atoms with E-state index in [1.807, 2.05) is 0 Å². The van der Waals surface area contributed by atoms with Crippen molar-refractivity contribution in [2.45, 2.75) is 115 Å². The average molecular weight is 545 g/mol. The van der Waals surface area contributed by atoms with Gasteiger partial charge in [0.05, 0.1) is 19.3 Å². The van der Waals surface area contributed by atoms with Crippen molar-refractivity contribution in [3.63, 3.8) is 0 Å². The largest absolute Gasteiger partial charge is 0.467 e. The smallest absolute Gasteiger partial charge is 0.338 e. The molecule has 35 heavy (non-hydrogen) atoms. The number of hydrogen-bond acceptors (Lipinski definition) is 8. The Morgan fingerprint density at radius 1 is 1.03 bits per heavy atom. The van der Waals surface area contributed by atoms with Crippen molar-refractivity contribution in [3.8, 4) is 0 Å². The minimum absolute atomic E-state index is 0.0285. The number of hydrogen-bond donors (Lipinski definition) is 1. The first-order valence-electron chi connectivity index (χ1n) is 12.1. The molecule has 0 radical (unpaired) electrons. The van der Waals surface area contributed by atoms with Gasteiger partial charge < -0.3 is 23.4 Å². The summed E-state index contributed by atoms with van der Waals surface area (Å²) >= 11 is 5.58. The zero-order valence-corrected chi connectivity index (χ0v) is 26.0. The second kappa shape index (κ2) is 10.3. The molecule has 1 aromatic heterocycles. The van der Waals surface area contributed by atoms with Gasteiger partial charge in [-0.15, -0.1) is 0 Å². The van der Waals surface area contributed by atoms with Crippen molar-refractivity contribution < 1.29 is 28.2 Å². The van der Waals surface area contributed by atoms with Crippen LogP contribution in [0, 0.1) is 0 Å². The Kier molecular flexibility index (Phi) is 8.89. The van der Waals surface area contributed by atoms with Gasteiger partial charge in [-0.05, 0) is 48.5 Å². The maximum absolute atomic E-state index is 12.8. The molecule has 0 spiro atoms. The van der Waals surface area contributed by atoms with Crippen LogP contribution in [-0.2, 0) is 23.1 Å². The van der Waals surface area contributed by atoms with E-state index in [1.165, 1.54) is 7.11 Å². The predicted molar refractivity (Wildman–Crippen MR) is 145 cm³/mol. The normalized spacial score (nSPS) is 26.3. The Balaban J connectivity index is 2.56. The van der Waals surface area contributed by atoms with Gasteiger partial charge in [-0.3, -0.25) is 4.57 Å². The fourth-order valence-electron chi connectivity index (χ4n) is 3.60. The highest BCUT2D eigenvalue weighted by molar-refractivity contribution is 7.80. The van der Waals surface area contributed by atoms with E-state index in [1.54, 1.807) is 23.3 Å². The number of aromatic nitrogens is 2. The van der Waals surface area contributed by atoms with Crippen molar-refractivity contribution >= 4 is 40.0 Å². The predicted octanol–water partition coefficient (Wildman–Crippen LogP) is 4.88. The standard InChI is InChI=1S/C24H44N2O6SSi2/c1-22(2,3)34(8,9)31-17-14-24(28,20(27)29-7)15-18(32-35(10,11)23(4,5)6)19(17)30-21(33)26-13-12-25-16-26/h12-13,16-19,28H,14-15H2,1-11H3/t17-,18+,19?,24?. The molecule has 1 aromatic rings. The zero-order chi connectivity index (χ0) is 27.0. The molecule has 4 atom stereocenters. The van der Waals surface area contributed by atoms with Gasteiger partial charge in [0.1, 0.15) is 6.33 Å². The van der Waals surface area contributed by atoms with E-state index < -0.39 is 46.5 Å². The quantitative estimate of drug-likeness (QED) is 0.308. The summed E-state index contributed by atoms with van der Waals surface area (Å²) in [6.45, 7) is 21.4. The SMILES string of the molecule is COC(=O)C1(O)C[C@H](O[Si](C)(C)C(C)(C)C)C(OC(=S)n2ccnc2)[C@H](O[Si](C)(C)C(C)(C)C)C1. The van der Waals surface area contributed by atoms with Crippen LogP contribution in [-0.4, -0.2) is 73.5 Å². The second-order valence-corrected chi connectivity index (χ2v) is 22.4. The molecule has 2 rings (SSSR count). The molecule has 1 heterocycles. The Morgan fingerprint density at radius 2 is 1.49 bits per heavy atom. The molecule has 11 heteroatoms. The molecule has 0 aromatic carbocycles. The Morgan fingerprint density at radius 3 is 1.83 bits per heavy atom. The van der Waals surface area contributed by atoms with Crippen LogP contribution < -0.4 is 0 Å². The van der Waals surface area contributed by atoms with Gasteiger partial charge >= 0.3 is 5.97 Å². The maximum atomic E-state index is 12.8. The van der Waals surface area contributed by atoms with Gasteiger partial charge in [0, 0.05) is 25.2 Å². The molecule has 0 bridgehead atoms. The highest BCUT2D eigenvalue weighted by atomic mass is 32.1. The van der Waals surface area contributed by atoms with E-state index in [0.29, 0.717) is 0 Å². The van der Waals surface area contributed by atoms with Gasteiger partial charge in [0.15, 0.2) is 28.3 Å². The summed E-state index contributed by atoms with van der Waals surface area (Å²) in [5.41, 5.74) is -1.76. The van der Waals surface area contributed by atoms with E-state index in [2.05, 4.69) is 72.7 Å². The average Bonchev–Trinajstić information content (AvgIpc) is 3.22. The van der Waals surface area contributed by atoms with Crippen LogP contribution in [0.3, 0.4) is 0 Å². The van der Waals surface area contributed by atoms with Gasteiger partial charge in [-0.2, -0.15) is 0 Å². The number of ether oxygens (including phenoxy) is 2. The Hall–Kier alpha value is -1.12. The number of thiocarbonyl (C=S) groups is 1. The van der Waals surface area contributed by atoms with E-state index in [9.17, 15) is 9.90 Å². The Bertz CT molecular complexity index is 855. The molecular formula is C24H44N2O6SSi2. The van der Waals surface area contributed by atoms with Crippen molar-refractivity contribution in [1.29, 1.82) is 0 Å². The lowest BCUT2D eigenvalue weighted by molar-refractivity contribution is -0.185. The van der Waals surface area contributed by atoms with E-state index in [4.69, 9.17) is 30.5 Å². The van der Waals surface area contributed by atoms with Gasteiger partial charge in [-0.1, -0.05) is 41.5 Å². The summed E-state index contributed by atoms with van der Waals surface area (Å²) in [7, 11) is -3.39. The van der Waals surface area contributed by atoms with Gasteiger partial charge in [0.25, 0.3) is 5.17 Å². The molecule has 1 aliphatic carbocycles. The number of carbonyl (C=O) groups is 1. The first kappa shape index (κ1) is 30.1. The monoisotopic (exact) mass is 544 g/mol. The molecule has 200 valence electrons. The number of methoxy groups -OCH3 is 1. The maximum Gasteiger partial charge on any atom is 0.338 e. The van der Waals surface area contributed by atoms with Crippen LogP contribution in [0.5, 0.6) is 0 Å². The summed E-state index contributed by atoms with van der Waals surface area (Å²) in [5.74, 6) is -0.694. The third-order valence-corrected chi connectivity index (χ3v) is 17.1. The summed E-state index contributed by atoms with van der Waals surface area (Å²) < 4.78 is 26.6. The molecule has 0 saturated heterocycles. The van der Waals surface area contributed by atoms with E-state index >= 15 is 0 Å². The van der Waals surface area contributed by atoms with Gasteiger partial charge in [0.2, 0.25) is 0 Å². The zero-order valence-electron chi connectivity index (χ0n) is 23.2. The number of aliphatic hydroxyl groups is 1. The first-order valence-corrected chi connectivity index (χ1v) is 18.3. The number of imidazole rings is 1. The molecule has 1 aliphatic rings. The minimum atomic E-state index is -2.33. The third kappa shape index (κ3) is 6.81. The number of nitrogens with zero attached hydrogens (tertiary/aromatic N) is 2. The molecular weight excluding hydrogens is 501 g/mol. The first-order chi connectivity index (χ1) is 15.7. The van der Waals surface area contributed by atoms with E-state index in [-0.39, 0.29) is 28.1 Å². The van der Waals surface area contributed by atoms with Crippen molar-refractivity contribution in [1.82, 2.24) is 9.55 Å². The van der Waals surface area contributed by atoms with Crippen LogP contribution >= 0.6 is 12.2 Å². The van der Waals surface area contributed by atoms with Crippen LogP contribution in [0.4, 0.5) is 0 Å². The topological polar surface area (TPSA) is 92.0 Å². The molecule has 2 unspecified atom stereocenters. The Labute approximate surface area is 218 Å². The molecule has 8 nitrogen and oxygen atoms in total. The fourth-order valence-corrected chi connectivity index (χ4v) is 6.48. The van der Waals surface area contributed by atoms with Gasteiger partial charge in [-0.25, -0.2) is 9.78 Å². The summed E-state index contributed by atoms with van der Waals surface area (Å²) in [5, 5.41) is 11.5. The van der Waals surface area contributed by atoms with Crippen molar-refractivity contribution in [2.75, 3.05) is 7.11 Å². The van der Waals surface area contributed by atoms with Crippen LogP contribution in [0.1, 0.15) is 54.4 Å². The molecule has 0 aliphatic heterocycles.